The third kappa shape index (κ3) is 2.66. The molecular formula is C13H16N4. The molecule has 4 nitrogen and oxygen atoms in total. The van der Waals surface area contributed by atoms with Gasteiger partial charge in [0.1, 0.15) is 0 Å². The van der Waals surface area contributed by atoms with Crippen LogP contribution in [0.4, 0.5) is 22.9 Å². The van der Waals surface area contributed by atoms with Gasteiger partial charge < -0.3 is 16.0 Å². The van der Waals surface area contributed by atoms with Crippen molar-refractivity contribution in [3.63, 3.8) is 0 Å². The Morgan fingerprint density at radius 2 is 2.00 bits per heavy atom. The largest absolute Gasteiger partial charge is 0.396 e. The minimum atomic E-state index is 0.641. The van der Waals surface area contributed by atoms with Crippen molar-refractivity contribution in [3.8, 4) is 0 Å². The van der Waals surface area contributed by atoms with Crippen molar-refractivity contribution in [2.24, 2.45) is 0 Å². The molecule has 0 bridgehead atoms. The molecule has 2 rings (SSSR count). The van der Waals surface area contributed by atoms with Gasteiger partial charge in [-0.3, -0.25) is 0 Å². The molecule has 0 aliphatic carbocycles. The van der Waals surface area contributed by atoms with Crippen molar-refractivity contribution >= 4 is 22.9 Å². The Morgan fingerprint density at radius 3 is 2.71 bits per heavy atom. The fraction of sp³-hybridized carbons (Fsp3) is 0.154. The van der Waals surface area contributed by atoms with Crippen molar-refractivity contribution in [1.82, 2.24) is 4.98 Å². The predicted molar refractivity (Wildman–Crippen MR) is 72.7 cm³/mol. The molecule has 17 heavy (non-hydrogen) atoms. The van der Waals surface area contributed by atoms with Gasteiger partial charge in [0.05, 0.1) is 5.69 Å². The van der Waals surface area contributed by atoms with Gasteiger partial charge in [-0.1, -0.05) is 6.07 Å². The van der Waals surface area contributed by atoms with Crippen LogP contribution in [0.5, 0.6) is 0 Å². The average molecular weight is 228 g/mol. The molecule has 4 heteroatoms. The maximum Gasteiger partial charge on any atom is 0.153 e. The highest BCUT2D eigenvalue weighted by Gasteiger charge is 2.01. The highest BCUT2D eigenvalue weighted by molar-refractivity contribution is 5.70. The summed E-state index contributed by atoms with van der Waals surface area (Å²) >= 11 is 0. The summed E-state index contributed by atoms with van der Waals surface area (Å²) in [6.45, 7) is 0. The highest BCUT2D eigenvalue weighted by Crippen LogP contribution is 2.23. The van der Waals surface area contributed by atoms with E-state index in [0.717, 1.165) is 11.4 Å². The number of anilines is 4. The number of nitrogen functional groups attached to an aromatic ring is 1. The number of hydrogen-bond donors (Lipinski definition) is 2. The summed E-state index contributed by atoms with van der Waals surface area (Å²) in [6.07, 6.45) is 1.72. The summed E-state index contributed by atoms with van der Waals surface area (Å²) in [5.41, 5.74) is 8.58. The minimum absolute atomic E-state index is 0.641. The molecule has 0 saturated heterocycles. The first kappa shape index (κ1) is 11.3. The number of nitrogens with zero attached hydrogens (tertiary/aromatic N) is 2. The van der Waals surface area contributed by atoms with Gasteiger partial charge >= 0.3 is 0 Å². The van der Waals surface area contributed by atoms with E-state index >= 15 is 0 Å². The lowest BCUT2D eigenvalue weighted by Gasteiger charge is -2.14. The molecule has 0 unspecified atom stereocenters. The normalized spacial score (nSPS) is 10.0. The number of rotatable bonds is 3. The lowest BCUT2D eigenvalue weighted by Crippen LogP contribution is -2.08. The maximum atomic E-state index is 5.83. The smallest absolute Gasteiger partial charge is 0.153 e. The van der Waals surface area contributed by atoms with Gasteiger partial charge in [0, 0.05) is 31.7 Å². The number of nitrogens with two attached hydrogens (primary N) is 1. The fourth-order valence-corrected chi connectivity index (χ4v) is 1.52. The second kappa shape index (κ2) is 4.74. The van der Waals surface area contributed by atoms with Crippen molar-refractivity contribution in [2.45, 2.75) is 0 Å². The third-order valence-electron chi connectivity index (χ3n) is 2.46. The molecule has 0 radical (unpaired) electrons. The van der Waals surface area contributed by atoms with Crippen LogP contribution in [-0.2, 0) is 0 Å². The molecule has 3 N–H and O–H groups in total. The summed E-state index contributed by atoms with van der Waals surface area (Å²) in [5, 5.41) is 3.20. The zero-order valence-corrected chi connectivity index (χ0v) is 10.0. The Balaban J connectivity index is 2.25. The molecule has 0 spiro atoms. The lowest BCUT2D eigenvalue weighted by atomic mass is 10.2. The second-order valence-corrected chi connectivity index (χ2v) is 4.01. The van der Waals surface area contributed by atoms with E-state index in [0.29, 0.717) is 11.5 Å². The van der Waals surface area contributed by atoms with E-state index in [1.807, 2.05) is 55.4 Å². The zero-order chi connectivity index (χ0) is 12.3. The number of pyridine rings is 1. The summed E-state index contributed by atoms with van der Waals surface area (Å²) in [7, 11) is 4.02. The number of aromatic nitrogens is 1. The molecular weight excluding hydrogens is 212 g/mol. The summed E-state index contributed by atoms with van der Waals surface area (Å²) in [4.78, 5) is 6.25. The van der Waals surface area contributed by atoms with Crippen LogP contribution in [0.15, 0.2) is 42.6 Å². The first-order valence-electron chi connectivity index (χ1n) is 5.42. The Hall–Kier alpha value is -2.23. The van der Waals surface area contributed by atoms with Gasteiger partial charge in [-0.05, 0) is 30.3 Å². The van der Waals surface area contributed by atoms with Gasteiger partial charge in [0.2, 0.25) is 0 Å². The first-order chi connectivity index (χ1) is 8.16. The third-order valence-corrected chi connectivity index (χ3v) is 2.46. The Bertz CT molecular complexity index is 508. The van der Waals surface area contributed by atoms with E-state index in [-0.39, 0.29) is 0 Å². The molecule has 0 fully saturated rings. The highest BCUT2D eigenvalue weighted by atomic mass is 15.1. The topological polar surface area (TPSA) is 54.2 Å². The zero-order valence-electron chi connectivity index (χ0n) is 10.0. The van der Waals surface area contributed by atoms with E-state index < -0.39 is 0 Å². The van der Waals surface area contributed by atoms with Crippen LogP contribution in [0.3, 0.4) is 0 Å². The Kier molecular flexibility index (Phi) is 3.14. The van der Waals surface area contributed by atoms with Gasteiger partial charge in [0.15, 0.2) is 5.82 Å². The van der Waals surface area contributed by atoms with E-state index in [2.05, 4.69) is 10.3 Å². The molecule has 0 aliphatic rings. The maximum absolute atomic E-state index is 5.83. The second-order valence-electron chi connectivity index (χ2n) is 4.01. The van der Waals surface area contributed by atoms with Crippen molar-refractivity contribution < 1.29 is 0 Å². The van der Waals surface area contributed by atoms with Gasteiger partial charge in [0.25, 0.3) is 0 Å². The molecule has 0 amide bonds. The molecule has 0 atom stereocenters. The van der Waals surface area contributed by atoms with Crippen molar-refractivity contribution in [2.75, 3.05) is 30.0 Å². The molecule has 1 heterocycles. The van der Waals surface area contributed by atoms with Gasteiger partial charge in [-0.2, -0.15) is 0 Å². The summed E-state index contributed by atoms with van der Waals surface area (Å²) < 4.78 is 0. The quantitative estimate of drug-likeness (QED) is 0.847. The van der Waals surface area contributed by atoms with Crippen molar-refractivity contribution in [3.05, 3.63) is 42.6 Å². The monoisotopic (exact) mass is 228 g/mol. The van der Waals surface area contributed by atoms with Gasteiger partial charge in [-0.15, -0.1) is 0 Å². The van der Waals surface area contributed by atoms with E-state index in [9.17, 15) is 0 Å². The van der Waals surface area contributed by atoms with Crippen LogP contribution >= 0.6 is 0 Å². The van der Waals surface area contributed by atoms with Crippen molar-refractivity contribution in [1.29, 1.82) is 0 Å². The lowest BCUT2D eigenvalue weighted by molar-refractivity contribution is 1.13. The minimum Gasteiger partial charge on any atom is -0.396 e. The molecule has 1 aromatic heterocycles. The van der Waals surface area contributed by atoms with E-state index in [1.165, 1.54) is 0 Å². The van der Waals surface area contributed by atoms with Crippen LogP contribution in [0.25, 0.3) is 0 Å². The molecule has 2 aromatic rings. The Morgan fingerprint density at radius 1 is 1.18 bits per heavy atom. The number of nitrogens with one attached hydrogen (secondary N) is 1. The van der Waals surface area contributed by atoms with Crippen LogP contribution in [0.2, 0.25) is 0 Å². The van der Waals surface area contributed by atoms with Crippen LogP contribution in [0, 0.1) is 0 Å². The molecule has 1 aromatic carbocycles. The van der Waals surface area contributed by atoms with Crippen LogP contribution in [-0.4, -0.2) is 19.1 Å². The fourth-order valence-electron chi connectivity index (χ4n) is 1.52. The van der Waals surface area contributed by atoms with Crippen LogP contribution in [0.1, 0.15) is 0 Å². The average Bonchev–Trinajstić information content (AvgIpc) is 2.32. The molecule has 88 valence electrons. The molecule has 0 aliphatic heterocycles. The van der Waals surface area contributed by atoms with Crippen LogP contribution < -0.4 is 16.0 Å². The first-order valence-corrected chi connectivity index (χ1v) is 5.42. The summed E-state index contributed by atoms with van der Waals surface area (Å²) in [6, 6.07) is 11.7. The SMILES string of the molecule is CN(C)c1cccc(Nc2ncccc2N)c1. The predicted octanol–water partition coefficient (Wildman–Crippen LogP) is 2.47. The number of benzene rings is 1. The van der Waals surface area contributed by atoms with Gasteiger partial charge in [-0.25, -0.2) is 4.98 Å². The molecule has 0 saturated carbocycles. The summed E-state index contributed by atoms with van der Waals surface area (Å²) in [5.74, 6) is 0.684. The number of hydrogen-bond acceptors (Lipinski definition) is 4. The van der Waals surface area contributed by atoms with E-state index in [1.54, 1.807) is 6.20 Å². The standard InChI is InChI=1S/C13H16N4/c1-17(2)11-6-3-5-10(9-11)16-13-12(14)7-4-8-15-13/h3-9H,14H2,1-2H3,(H,15,16). The van der Waals surface area contributed by atoms with E-state index in [4.69, 9.17) is 5.73 Å². The Labute approximate surface area is 101 Å².